The molecule has 0 unspecified atom stereocenters. The highest BCUT2D eigenvalue weighted by atomic mass is 35.7. The Hall–Kier alpha value is -1.36. The molecule has 1 amide bonds. The Balaban J connectivity index is 2.20. The maximum Gasteiger partial charge on any atom is 0.407 e. The Morgan fingerprint density at radius 1 is 0.897 bits per heavy atom. The van der Waals surface area contributed by atoms with Crippen LogP contribution in [0, 0.1) is 0 Å². The lowest BCUT2D eigenvalue weighted by atomic mass is 10.1. The first-order chi connectivity index (χ1) is 13.3. The normalized spacial score (nSPS) is 12.6. The molecule has 0 aliphatic carbocycles. The van der Waals surface area contributed by atoms with Crippen LogP contribution in [0.3, 0.4) is 0 Å². The molecule has 0 aliphatic heterocycles. The minimum absolute atomic E-state index is 0.0187. The van der Waals surface area contributed by atoms with Crippen LogP contribution in [0.1, 0.15) is 52.9 Å². The molecule has 0 saturated heterocycles. The number of hydrogen-bond acceptors (Lipinski definition) is 6. The molecule has 29 heavy (non-hydrogen) atoms. The number of rotatable bonds is 11. The van der Waals surface area contributed by atoms with Gasteiger partial charge in [0.05, 0.1) is 9.79 Å². The number of carbonyl (C=O) groups excluding carboxylic acids is 1. The van der Waals surface area contributed by atoms with Crippen molar-refractivity contribution in [3.05, 3.63) is 24.3 Å². The summed E-state index contributed by atoms with van der Waals surface area (Å²) in [5.74, 6) is 0. The molecule has 0 atom stereocenters. The van der Waals surface area contributed by atoms with Crippen LogP contribution in [0.2, 0.25) is 0 Å². The Morgan fingerprint density at radius 3 is 1.90 bits per heavy atom. The van der Waals surface area contributed by atoms with Gasteiger partial charge in [0.25, 0.3) is 9.05 Å². The van der Waals surface area contributed by atoms with E-state index in [0.717, 1.165) is 37.8 Å². The average molecular weight is 469 g/mol. The SMILES string of the molecule is CC(C)(C)OC(=O)NCCCCCCCNS(=O)(=O)c1ccc(S(=O)(=O)Cl)cc1. The second-order valence-corrected chi connectivity index (χ2v) is 11.8. The van der Waals surface area contributed by atoms with Crippen molar-refractivity contribution in [1.82, 2.24) is 10.0 Å². The van der Waals surface area contributed by atoms with Crippen molar-refractivity contribution in [2.45, 2.75) is 68.3 Å². The lowest BCUT2D eigenvalue weighted by Crippen LogP contribution is -2.32. The van der Waals surface area contributed by atoms with E-state index in [1.54, 1.807) is 20.8 Å². The lowest BCUT2D eigenvalue weighted by Gasteiger charge is -2.19. The van der Waals surface area contributed by atoms with E-state index >= 15 is 0 Å². The fourth-order valence-corrected chi connectivity index (χ4v) is 4.20. The second kappa shape index (κ2) is 11.1. The third-order valence-electron chi connectivity index (χ3n) is 3.73. The summed E-state index contributed by atoms with van der Waals surface area (Å²) in [5, 5.41) is 2.69. The van der Waals surface area contributed by atoms with Gasteiger partial charge in [-0.3, -0.25) is 0 Å². The number of benzene rings is 1. The van der Waals surface area contributed by atoms with E-state index in [1.807, 2.05) is 0 Å². The van der Waals surface area contributed by atoms with Crippen LogP contribution in [0.5, 0.6) is 0 Å². The predicted molar refractivity (Wildman–Crippen MR) is 112 cm³/mol. The molecular formula is C18H29ClN2O6S2. The van der Waals surface area contributed by atoms with Crippen molar-refractivity contribution in [3.8, 4) is 0 Å². The summed E-state index contributed by atoms with van der Waals surface area (Å²) >= 11 is 0. The third-order valence-corrected chi connectivity index (χ3v) is 6.58. The number of carbonyl (C=O) groups is 1. The summed E-state index contributed by atoms with van der Waals surface area (Å²) in [7, 11) is -2.37. The molecule has 1 aromatic rings. The van der Waals surface area contributed by atoms with Crippen LogP contribution >= 0.6 is 10.7 Å². The monoisotopic (exact) mass is 468 g/mol. The smallest absolute Gasteiger partial charge is 0.407 e. The summed E-state index contributed by atoms with van der Waals surface area (Å²) in [6.07, 6.45) is 3.74. The van der Waals surface area contributed by atoms with Gasteiger partial charge in [0, 0.05) is 23.8 Å². The summed E-state index contributed by atoms with van der Waals surface area (Å²) < 4.78 is 54.4. The quantitative estimate of drug-likeness (QED) is 0.379. The fourth-order valence-electron chi connectivity index (χ4n) is 2.36. The highest BCUT2D eigenvalue weighted by molar-refractivity contribution is 8.13. The van der Waals surface area contributed by atoms with E-state index in [4.69, 9.17) is 15.4 Å². The van der Waals surface area contributed by atoms with Crippen LogP contribution in [0.25, 0.3) is 0 Å². The van der Waals surface area contributed by atoms with E-state index in [0.29, 0.717) is 13.0 Å². The van der Waals surface area contributed by atoms with E-state index in [-0.39, 0.29) is 16.3 Å². The summed E-state index contributed by atoms with van der Waals surface area (Å²) in [5.41, 5.74) is -0.513. The lowest BCUT2D eigenvalue weighted by molar-refractivity contribution is 0.0527. The number of ether oxygens (including phenoxy) is 1. The molecule has 1 rings (SSSR count). The molecule has 0 heterocycles. The summed E-state index contributed by atoms with van der Waals surface area (Å²) in [4.78, 5) is 11.3. The Labute approximate surface area is 177 Å². The molecular weight excluding hydrogens is 440 g/mol. The molecule has 0 saturated carbocycles. The standard InChI is InChI=1S/C18H29ClN2O6S2/c1-18(2,3)27-17(22)20-13-7-5-4-6-8-14-21-29(25,26)16-11-9-15(10-12-16)28(19,23)24/h9-12,21H,4-8,13-14H2,1-3H3,(H,20,22). The van der Waals surface area contributed by atoms with Gasteiger partial charge in [-0.15, -0.1) is 0 Å². The van der Waals surface area contributed by atoms with Crippen LogP contribution in [-0.4, -0.2) is 41.6 Å². The summed E-state index contributed by atoms with van der Waals surface area (Å²) in [6.45, 7) is 6.24. The van der Waals surface area contributed by atoms with Crippen molar-refractivity contribution in [1.29, 1.82) is 0 Å². The predicted octanol–water partition coefficient (Wildman–Crippen LogP) is 3.37. The minimum atomic E-state index is -3.89. The molecule has 2 N–H and O–H groups in total. The first-order valence-corrected chi connectivity index (χ1v) is 13.1. The third kappa shape index (κ3) is 10.8. The van der Waals surface area contributed by atoms with Gasteiger partial charge in [0.1, 0.15) is 5.60 Å². The van der Waals surface area contributed by atoms with Crippen molar-refractivity contribution in [2.75, 3.05) is 13.1 Å². The van der Waals surface area contributed by atoms with E-state index in [9.17, 15) is 21.6 Å². The Bertz CT molecular complexity index is 863. The number of sulfonamides is 1. The maximum absolute atomic E-state index is 12.2. The molecule has 0 radical (unpaired) electrons. The number of hydrogen-bond donors (Lipinski definition) is 2. The molecule has 8 nitrogen and oxygen atoms in total. The number of alkyl carbamates (subject to hydrolysis) is 1. The first kappa shape index (κ1) is 25.7. The first-order valence-electron chi connectivity index (χ1n) is 9.32. The van der Waals surface area contributed by atoms with Gasteiger partial charge < -0.3 is 10.1 Å². The van der Waals surface area contributed by atoms with Gasteiger partial charge in [0.2, 0.25) is 10.0 Å². The van der Waals surface area contributed by atoms with Crippen LogP contribution in [0.15, 0.2) is 34.1 Å². The molecule has 1 aromatic carbocycles. The molecule has 0 spiro atoms. The maximum atomic E-state index is 12.2. The zero-order valence-electron chi connectivity index (χ0n) is 16.9. The average Bonchev–Trinajstić information content (AvgIpc) is 2.58. The molecule has 11 heteroatoms. The molecule has 166 valence electrons. The van der Waals surface area contributed by atoms with Crippen molar-refractivity contribution < 1.29 is 26.4 Å². The second-order valence-electron chi connectivity index (χ2n) is 7.50. The molecule has 0 aromatic heterocycles. The number of amides is 1. The van der Waals surface area contributed by atoms with E-state index in [2.05, 4.69) is 10.0 Å². The van der Waals surface area contributed by atoms with Gasteiger partial charge in [-0.25, -0.2) is 26.4 Å². The van der Waals surface area contributed by atoms with Crippen molar-refractivity contribution in [3.63, 3.8) is 0 Å². The van der Waals surface area contributed by atoms with Crippen molar-refractivity contribution in [2.24, 2.45) is 0 Å². The zero-order chi connectivity index (χ0) is 22.1. The largest absolute Gasteiger partial charge is 0.444 e. The van der Waals surface area contributed by atoms with Gasteiger partial charge in [0.15, 0.2) is 0 Å². The van der Waals surface area contributed by atoms with Crippen LogP contribution < -0.4 is 10.0 Å². The number of nitrogens with one attached hydrogen (secondary N) is 2. The molecule has 0 bridgehead atoms. The van der Waals surface area contributed by atoms with Crippen molar-refractivity contribution >= 4 is 35.8 Å². The van der Waals surface area contributed by atoms with Gasteiger partial charge in [-0.05, 0) is 57.9 Å². The molecule has 0 aliphatic rings. The van der Waals surface area contributed by atoms with E-state index < -0.39 is 30.8 Å². The van der Waals surface area contributed by atoms with Crippen LogP contribution in [-0.2, 0) is 23.8 Å². The van der Waals surface area contributed by atoms with Gasteiger partial charge in [-0.1, -0.05) is 19.3 Å². The number of halogens is 1. The topological polar surface area (TPSA) is 119 Å². The fraction of sp³-hybridized carbons (Fsp3) is 0.611. The Morgan fingerprint density at radius 2 is 1.38 bits per heavy atom. The van der Waals surface area contributed by atoms with Gasteiger partial charge >= 0.3 is 6.09 Å². The molecule has 0 fully saturated rings. The Kier molecular flexibility index (Phi) is 9.87. The highest BCUT2D eigenvalue weighted by Crippen LogP contribution is 2.17. The van der Waals surface area contributed by atoms with Gasteiger partial charge in [-0.2, -0.15) is 0 Å². The van der Waals surface area contributed by atoms with E-state index in [1.165, 1.54) is 12.1 Å². The minimum Gasteiger partial charge on any atom is -0.444 e. The highest BCUT2D eigenvalue weighted by Gasteiger charge is 2.16. The van der Waals surface area contributed by atoms with Crippen LogP contribution in [0.4, 0.5) is 4.79 Å². The summed E-state index contributed by atoms with van der Waals surface area (Å²) in [6, 6.07) is 4.72. The zero-order valence-corrected chi connectivity index (χ0v) is 19.3. The number of unbranched alkanes of at least 4 members (excludes halogenated alkanes) is 4.